The summed E-state index contributed by atoms with van der Waals surface area (Å²) in [4.78, 5) is 8.89. The van der Waals surface area contributed by atoms with E-state index >= 15 is 0 Å². The normalized spacial score (nSPS) is 7.73. The summed E-state index contributed by atoms with van der Waals surface area (Å²) in [6.07, 6.45) is 0. The van der Waals surface area contributed by atoms with Crippen LogP contribution in [0.1, 0.15) is 27.7 Å². The molecule has 0 atom stereocenters. The second-order valence-corrected chi connectivity index (χ2v) is 2.60. The van der Waals surface area contributed by atoms with Gasteiger partial charge < -0.3 is 15.0 Å². The van der Waals surface area contributed by atoms with Gasteiger partial charge in [0.25, 0.3) is 0 Å². The number of carboxylic acids is 1. The minimum atomic E-state index is -1.08. The zero-order valence-corrected chi connectivity index (χ0v) is 13.3. The average Bonchev–Trinajstić information content (AvgIpc) is 1.19. The molecule has 0 aliphatic carbocycles. The number of hydrogen-bond acceptors (Lipinski definition) is 3. The number of aliphatic carboxylic acids is 1. The Kier molecular flexibility index (Phi) is 25.4. The van der Waals surface area contributed by atoms with Crippen molar-refractivity contribution in [2.45, 2.75) is 33.3 Å². The fraction of sp³-hybridized carbons (Fsp3) is 0.833. The fourth-order valence-electron chi connectivity index (χ4n) is 0. The van der Waals surface area contributed by atoms with Gasteiger partial charge in [0.05, 0.1) is 0 Å². The van der Waals surface area contributed by atoms with Gasteiger partial charge in [0.2, 0.25) is 0 Å². The number of carboxylic acid groups (broad SMARTS) is 1. The van der Waals surface area contributed by atoms with Gasteiger partial charge in [0.15, 0.2) is 0 Å². The first-order valence-electron chi connectivity index (χ1n) is 2.61. The Balaban J connectivity index is -0.0000000383. The van der Waals surface area contributed by atoms with E-state index < -0.39 is 11.6 Å². The van der Waals surface area contributed by atoms with E-state index in [1.807, 2.05) is 0 Å². The van der Waals surface area contributed by atoms with Crippen molar-refractivity contribution in [3.63, 3.8) is 0 Å². The van der Waals surface area contributed by atoms with Crippen LogP contribution in [0.2, 0.25) is 0 Å². The third-order valence-corrected chi connectivity index (χ3v) is 0. The van der Waals surface area contributed by atoms with E-state index in [2.05, 4.69) is 0 Å². The van der Waals surface area contributed by atoms with Crippen LogP contribution in [0, 0.1) is 0 Å². The van der Waals surface area contributed by atoms with Gasteiger partial charge in [-0.2, -0.15) is 0 Å². The third kappa shape index (κ3) is 286. The molecule has 0 heterocycles. The van der Waals surface area contributed by atoms with Crippen molar-refractivity contribution in [2.24, 2.45) is 0 Å². The zero-order chi connectivity index (χ0) is 8.08. The molecular weight excluding hydrogens is 182 g/mol. The number of carbonyl (C=O) groups excluding carboxylic acids is 1. The van der Waals surface area contributed by atoms with Crippen LogP contribution in [0.15, 0.2) is 0 Å². The Bertz CT molecular complexity index is 80.3. The van der Waals surface area contributed by atoms with Crippen LogP contribution in [0.3, 0.4) is 0 Å². The molecule has 0 N–H and O–H groups in total. The molecule has 11 heavy (non-hydrogen) atoms. The molecule has 0 aromatic rings. The SMILES string of the molecule is CC(=O)[O-].CC(C)(C)[O-].[K+].[Na+]. The van der Waals surface area contributed by atoms with E-state index in [9.17, 15) is 5.11 Å². The summed E-state index contributed by atoms with van der Waals surface area (Å²) in [7, 11) is 0. The molecule has 0 spiro atoms. The molecule has 3 nitrogen and oxygen atoms in total. The monoisotopic (exact) mass is 194 g/mol. The molecule has 0 rings (SSSR count). The summed E-state index contributed by atoms with van der Waals surface area (Å²) in [6.45, 7) is 5.87. The van der Waals surface area contributed by atoms with Gasteiger partial charge >= 0.3 is 80.9 Å². The largest absolute Gasteiger partial charge is 1.00 e. The predicted molar refractivity (Wildman–Crippen MR) is 30.4 cm³/mol. The van der Waals surface area contributed by atoms with Gasteiger partial charge in [-0.15, -0.1) is 5.60 Å². The van der Waals surface area contributed by atoms with Crippen LogP contribution < -0.4 is 91.2 Å². The van der Waals surface area contributed by atoms with E-state index in [4.69, 9.17) is 9.90 Å². The molecule has 0 radical (unpaired) electrons. The smallest absolute Gasteiger partial charge is 0.850 e. The van der Waals surface area contributed by atoms with Crippen LogP contribution in [-0.2, 0) is 4.79 Å². The van der Waals surface area contributed by atoms with Crippen LogP contribution >= 0.6 is 0 Å². The number of carbonyl (C=O) groups is 1. The summed E-state index contributed by atoms with van der Waals surface area (Å²) >= 11 is 0. The number of hydrogen-bond donors (Lipinski definition) is 0. The average molecular weight is 194 g/mol. The third-order valence-electron chi connectivity index (χ3n) is 0. The van der Waals surface area contributed by atoms with Gasteiger partial charge in [-0.3, -0.25) is 0 Å². The first-order chi connectivity index (χ1) is 3.73. The molecule has 0 unspecified atom stereocenters. The van der Waals surface area contributed by atoms with Crippen LogP contribution in [0.4, 0.5) is 0 Å². The van der Waals surface area contributed by atoms with Crippen molar-refractivity contribution in [2.75, 3.05) is 0 Å². The Morgan fingerprint density at radius 2 is 1.27 bits per heavy atom. The van der Waals surface area contributed by atoms with Crippen molar-refractivity contribution in [3.8, 4) is 0 Å². The maximum absolute atomic E-state index is 10.1. The molecule has 0 aromatic heterocycles. The zero-order valence-electron chi connectivity index (χ0n) is 8.22. The first kappa shape index (κ1) is 23.1. The van der Waals surface area contributed by atoms with Gasteiger partial charge in [-0.25, -0.2) is 0 Å². The molecule has 56 valence electrons. The topological polar surface area (TPSA) is 63.2 Å². The Morgan fingerprint density at radius 3 is 1.27 bits per heavy atom. The summed E-state index contributed by atoms with van der Waals surface area (Å²) in [5, 5.41) is 19.0. The van der Waals surface area contributed by atoms with Crippen molar-refractivity contribution < 1.29 is 95.9 Å². The molecule has 0 aromatic carbocycles. The minimum Gasteiger partial charge on any atom is -0.850 e. The summed E-state index contributed by atoms with van der Waals surface area (Å²) in [5.74, 6) is -1.08. The Morgan fingerprint density at radius 1 is 1.27 bits per heavy atom. The quantitative estimate of drug-likeness (QED) is 0.360. The van der Waals surface area contributed by atoms with Gasteiger partial charge in [-0.1, -0.05) is 20.8 Å². The summed E-state index contributed by atoms with van der Waals surface area (Å²) in [5.41, 5.74) is -0.750. The van der Waals surface area contributed by atoms with E-state index in [-0.39, 0.29) is 80.9 Å². The van der Waals surface area contributed by atoms with Crippen LogP contribution in [0.5, 0.6) is 0 Å². The molecule has 0 bridgehead atoms. The Hall–Kier alpha value is 2.07. The predicted octanol–water partition coefficient (Wildman–Crippen LogP) is -7.09. The van der Waals surface area contributed by atoms with Gasteiger partial charge in [-0.05, 0) is 6.92 Å². The van der Waals surface area contributed by atoms with E-state index in [0.29, 0.717) is 0 Å². The van der Waals surface area contributed by atoms with E-state index in [1.165, 1.54) is 0 Å². The maximum atomic E-state index is 10.1. The molecule has 0 saturated heterocycles. The van der Waals surface area contributed by atoms with Crippen molar-refractivity contribution >= 4 is 5.97 Å². The summed E-state index contributed by atoms with van der Waals surface area (Å²) < 4.78 is 0. The second kappa shape index (κ2) is 12.1. The van der Waals surface area contributed by atoms with Gasteiger partial charge in [0, 0.05) is 5.97 Å². The van der Waals surface area contributed by atoms with Gasteiger partial charge in [0.1, 0.15) is 0 Å². The standard InChI is InChI=1S/C4H9O.C2H4O2.K.Na/c1-4(2,3)5;1-2(3)4;;/h1-3H3;1H3,(H,3,4);;/q-1;;2*+1/p-1. The van der Waals surface area contributed by atoms with E-state index in [1.54, 1.807) is 20.8 Å². The second-order valence-electron chi connectivity index (χ2n) is 2.60. The van der Waals surface area contributed by atoms with Crippen LogP contribution in [0.25, 0.3) is 0 Å². The summed E-state index contributed by atoms with van der Waals surface area (Å²) in [6, 6.07) is 0. The van der Waals surface area contributed by atoms with Crippen molar-refractivity contribution in [1.82, 2.24) is 0 Å². The molecule has 0 saturated carbocycles. The molecule has 0 amide bonds. The molecule has 0 aliphatic rings. The molecular formula is C6H12KNaO3. The maximum Gasteiger partial charge on any atom is 1.00 e. The van der Waals surface area contributed by atoms with E-state index in [0.717, 1.165) is 6.92 Å². The molecule has 0 aliphatic heterocycles. The Labute approximate surface area is 133 Å². The minimum absolute atomic E-state index is 0. The van der Waals surface area contributed by atoms with Crippen LogP contribution in [-0.4, -0.2) is 11.6 Å². The van der Waals surface area contributed by atoms with Crippen molar-refractivity contribution in [1.29, 1.82) is 0 Å². The fourth-order valence-corrected chi connectivity index (χ4v) is 0. The van der Waals surface area contributed by atoms with Crippen molar-refractivity contribution in [3.05, 3.63) is 0 Å². The molecule has 0 fully saturated rings. The molecule has 5 heteroatoms. The number of rotatable bonds is 0. The first-order valence-corrected chi connectivity index (χ1v) is 2.61.